The van der Waals surface area contributed by atoms with E-state index in [1.807, 2.05) is 0 Å². The molecule has 1 unspecified atom stereocenters. The van der Waals surface area contributed by atoms with E-state index in [-0.39, 0.29) is 18.9 Å². The fraction of sp³-hybridized carbons (Fsp3) is 0.556. The lowest BCUT2D eigenvalue weighted by Crippen LogP contribution is -2.07. The van der Waals surface area contributed by atoms with Gasteiger partial charge in [-0.15, -0.1) is 0 Å². The Bertz CT molecular complexity index is 560. The maximum Gasteiger partial charge on any atom is 0.275 e. The molecule has 0 saturated carbocycles. The van der Waals surface area contributed by atoms with Crippen molar-refractivity contribution in [3.8, 4) is 11.8 Å². The second-order valence-corrected chi connectivity index (χ2v) is 5.38. The highest BCUT2D eigenvalue weighted by Crippen LogP contribution is 2.28. The molecule has 1 rings (SSSR count). The molecular formula is C18H25NO4. The molecule has 5 nitrogen and oxygen atoms in total. The number of hydrogen-bond acceptors (Lipinski definition) is 4. The Labute approximate surface area is 137 Å². The van der Waals surface area contributed by atoms with Crippen molar-refractivity contribution in [2.24, 2.45) is 0 Å². The van der Waals surface area contributed by atoms with Crippen molar-refractivity contribution in [2.75, 3.05) is 13.2 Å². The van der Waals surface area contributed by atoms with Gasteiger partial charge < -0.3 is 9.84 Å². The Morgan fingerprint density at radius 2 is 2.13 bits per heavy atom. The number of nitro benzene ring substituents is 1. The van der Waals surface area contributed by atoms with Crippen LogP contribution >= 0.6 is 0 Å². The molecule has 126 valence electrons. The standard InChI is InChI=1S/C18H25NO4/c1-3-4-5-6-7-8-9-16-10-11-18(19(21)22)17(14-16)15(2)23-13-12-20/h10-11,14-15,20H,3-7,12-13H2,1-2H3. The van der Waals surface area contributed by atoms with Crippen molar-refractivity contribution < 1.29 is 14.8 Å². The highest BCUT2D eigenvalue weighted by Gasteiger charge is 2.19. The zero-order chi connectivity index (χ0) is 17.1. The van der Waals surface area contributed by atoms with Gasteiger partial charge in [0.15, 0.2) is 0 Å². The van der Waals surface area contributed by atoms with E-state index in [0.29, 0.717) is 5.56 Å². The Morgan fingerprint density at radius 3 is 2.78 bits per heavy atom. The number of aliphatic hydroxyl groups excluding tert-OH is 1. The van der Waals surface area contributed by atoms with E-state index in [2.05, 4.69) is 18.8 Å². The fourth-order valence-corrected chi connectivity index (χ4v) is 2.25. The molecule has 0 heterocycles. The number of rotatable bonds is 9. The monoisotopic (exact) mass is 319 g/mol. The average Bonchev–Trinajstić information content (AvgIpc) is 2.55. The molecule has 0 aliphatic heterocycles. The quantitative estimate of drug-likeness (QED) is 0.323. The maximum atomic E-state index is 11.1. The van der Waals surface area contributed by atoms with Gasteiger partial charge in [-0.3, -0.25) is 10.1 Å². The highest BCUT2D eigenvalue weighted by molar-refractivity contribution is 5.48. The lowest BCUT2D eigenvalue weighted by atomic mass is 10.0. The van der Waals surface area contributed by atoms with E-state index in [9.17, 15) is 10.1 Å². The molecule has 0 amide bonds. The minimum Gasteiger partial charge on any atom is -0.394 e. The van der Waals surface area contributed by atoms with Crippen LogP contribution in [-0.2, 0) is 4.74 Å². The first-order chi connectivity index (χ1) is 11.1. The van der Waals surface area contributed by atoms with Crippen molar-refractivity contribution in [3.05, 3.63) is 39.4 Å². The van der Waals surface area contributed by atoms with Crippen LogP contribution in [0.15, 0.2) is 18.2 Å². The average molecular weight is 319 g/mol. The van der Waals surface area contributed by atoms with E-state index < -0.39 is 11.0 Å². The predicted octanol–water partition coefficient (Wildman–Crippen LogP) is 3.99. The van der Waals surface area contributed by atoms with Gasteiger partial charge in [0.1, 0.15) is 0 Å². The first kappa shape index (κ1) is 19.1. The van der Waals surface area contributed by atoms with Gasteiger partial charge in [-0.1, -0.05) is 38.0 Å². The largest absolute Gasteiger partial charge is 0.394 e. The topological polar surface area (TPSA) is 72.6 Å². The molecule has 0 bridgehead atoms. The molecule has 0 aliphatic carbocycles. The van der Waals surface area contributed by atoms with Gasteiger partial charge in [-0.05, 0) is 25.5 Å². The molecule has 0 fully saturated rings. The molecule has 1 aromatic rings. The Kier molecular flexibility index (Phi) is 8.96. The van der Waals surface area contributed by atoms with E-state index in [0.717, 1.165) is 18.4 Å². The molecule has 0 aliphatic rings. The first-order valence-electron chi connectivity index (χ1n) is 8.09. The minimum absolute atomic E-state index is 0.0175. The molecular weight excluding hydrogens is 294 g/mol. The summed E-state index contributed by atoms with van der Waals surface area (Å²) >= 11 is 0. The van der Waals surface area contributed by atoms with Gasteiger partial charge in [0.05, 0.1) is 29.8 Å². The lowest BCUT2D eigenvalue weighted by molar-refractivity contribution is -0.386. The fourth-order valence-electron chi connectivity index (χ4n) is 2.25. The Morgan fingerprint density at radius 1 is 1.35 bits per heavy atom. The summed E-state index contributed by atoms with van der Waals surface area (Å²) in [4.78, 5) is 10.7. The Hall–Kier alpha value is -1.90. The zero-order valence-corrected chi connectivity index (χ0v) is 13.9. The van der Waals surface area contributed by atoms with E-state index in [4.69, 9.17) is 9.84 Å². The van der Waals surface area contributed by atoms with Crippen LogP contribution in [0.25, 0.3) is 0 Å². The third kappa shape index (κ3) is 6.81. The summed E-state index contributed by atoms with van der Waals surface area (Å²) in [6.07, 6.45) is 5.06. The number of hydrogen-bond donors (Lipinski definition) is 1. The van der Waals surface area contributed by atoms with Crippen molar-refractivity contribution >= 4 is 5.69 Å². The predicted molar refractivity (Wildman–Crippen MR) is 90.2 cm³/mol. The van der Waals surface area contributed by atoms with Crippen LogP contribution in [-0.4, -0.2) is 23.2 Å². The first-order valence-corrected chi connectivity index (χ1v) is 8.09. The second-order valence-electron chi connectivity index (χ2n) is 5.38. The maximum absolute atomic E-state index is 11.1. The van der Waals surface area contributed by atoms with Crippen LogP contribution in [0.4, 0.5) is 5.69 Å². The summed E-state index contributed by atoms with van der Waals surface area (Å²) in [5.74, 6) is 6.18. The molecule has 1 aromatic carbocycles. The summed E-state index contributed by atoms with van der Waals surface area (Å²) < 4.78 is 5.39. The second kappa shape index (κ2) is 10.8. The molecule has 0 aromatic heterocycles. The van der Waals surface area contributed by atoms with E-state index in [1.54, 1.807) is 19.1 Å². The van der Waals surface area contributed by atoms with E-state index in [1.165, 1.54) is 25.3 Å². The molecule has 1 atom stereocenters. The lowest BCUT2D eigenvalue weighted by Gasteiger charge is -2.13. The number of benzene rings is 1. The van der Waals surface area contributed by atoms with Gasteiger partial charge in [0.2, 0.25) is 0 Å². The van der Waals surface area contributed by atoms with Crippen molar-refractivity contribution in [3.63, 3.8) is 0 Å². The highest BCUT2D eigenvalue weighted by atomic mass is 16.6. The summed E-state index contributed by atoms with van der Waals surface area (Å²) in [5.41, 5.74) is 1.26. The van der Waals surface area contributed by atoms with Crippen molar-refractivity contribution in [1.82, 2.24) is 0 Å². The Balaban J connectivity index is 2.82. The van der Waals surface area contributed by atoms with Crippen LogP contribution in [0, 0.1) is 22.0 Å². The summed E-state index contributed by atoms with van der Waals surface area (Å²) in [6, 6.07) is 4.84. The smallest absolute Gasteiger partial charge is 0.275 e. The normalized spacial score (nSPS) is 11.6. The zero-order valence-electron chi connectivity index (χ0n) is 13.9. The molecule has 0 spiro atoms. The van der Waals surface area contributed by atoms with Gasteiger partial charge in [0, 0.05) is 18.1 Å². The summed E-state index contributed by atoms with van der Waals surface area (Å²) in [5, 5.41) is 20.0. The van der Waals surface area contributed by atoms with Crippen LogP contribution < -0.4 is 0 Å². The van der Waals surface area contributed by atoms with E-state index >= 15 is 0 Å². The molecule has 5 heteroatoms. The minimum atomic E-state index is -0.464. The number of nitrogens with zero attached hydrogens (tertiary/aromatic N) is 1. The molecule has 0 saturated heterocycles. The third-order valence-electron chi connectivity index (χ3n) is 3.51. The molecule has 0 radical (unpaired) electrons. The molecule has 1 N–H and O–H groups in total. The van der Waals surface area contributed by atoms with Crippen LogP contribution in [0.5, 0.6) is 0 Å². The SMILES string of the molecule is CCCCCCC#Cc1ccc([N+](=O)[O-])c(C(C)OCCO)c1. The van der Waals surface area contributed by atoms with Gasteiger partial charge in [-0.2, -0.15) is 0 Å². The number of nitro groups is 1. The number of ether oxygens (including phenoxy) is 1. The summed E-state index contributed by atoms with van der Waals surface area (Å²) in [7, 11) is 0. The van der Waals surface area contributed by atoms with Crippen LogP contribution in [0.3, 0.4) is 0 Å². The number of unbranched alkanes of at least 4 members (excludes halogenated alkanes) is 4. The van der Waals surface area contributed by atoms with Gasteiger partial charge in [-0.25, -0.2) is 0 Å². The van der Waals surface area contributed by atoms with Crippen LogP contribution in [0.2, 0.25) is 0 Å². The summed E-state index contributed by atoms with van der Waals surface area (Å²) in [6.45, 7) is 3.94. The number of aliphatic hydroxyl groups is 1. The molecule has 23 heavy (non-hydrogen) atoms. The van der Waals surface area contributed by atoms with Gasteiger partial charge >= 0.3 is 0 Å². The van der Waals surface area contributed by atoms with Crippen molar-refractivity contribution in [2.45, 2.75) is 52.1 Å². The van der Waals surface area contributed by atoms with Crippen molar-refractivity contribution in [1.29, 1.82) is 0 Å². The van der Waals surface area contributed by atoms with Crippen LogP contribution in [0.1, 0.15) is 63.2 Å². The van der Waals surface area contributed by atoms with Gasteiger partial charge in [0.25, 0.3) is 5.69 Å². The third-order valence-corrected chi connectivity index (χ3v) is 3.51.